The van der Waals surface area contributed by atoms with E-state index in [4.69, 9.17) is 28.3 Å². The predicted octanol–water partition coefficient (Wildman–Crippen LogP) is 3.56. The molecule has 1 unspecified atom stereocenters. The van der Waals surface area contributed by atoms with Crippen LogP contribution in [0.5, 0.6) is 0 Å². The van der Waals surface area contributed by atoms with E-state index in [1.54, 1.807) is 25.1 Å². The summed E-state index contributed by atoms with van der Waals surface area (Å²) in [6.07, 6.45) is 0. The van der Waals surface area contributed by atoms with Crippen molar-refractivity contribution in [3.8, 4) is 0 Å². The average Bonchev–Trinajstić information content (AvgIpc) is 2.11. The van der Waals surface area contributed by atoms with E-state index in [1.807, 2.05) is 0 Å². The Morgan fingerprint density at radius 3 is 2.57 bits per heavy atom. The van der Waals surface area contributed by atoms with Crippen LogP contribution in [0.25, 0.3) is 0 Å². The van der Waals surface area contributed by atoms with E-state index >= 15 is 0 Å². The van der Waals surface area contributed by atoms with Gasteiger partial charge < -0.3 is 5.11 Å². The molecule has 0 spiro atoms. The molecule has 0 amide bonds. The van der Waals surface area contributed by atoms with Gasteiger partial charge in [-0.25, -0.2) is 0 Å². The highest BCUT2D eigenvalue weighted by molar-refractivity contribution is 8.00. The summed E-state index contributed by atoms with van der Waals surface area (Å²) in [5.41, 5.74) is 0. The van der Waals surface area contributed by atoms with Crippen LogP contribution in [-0.4, -0.2) is 16.3 Å². The summed E-state index contributed by atoms with van der Waals surface area (Å²) in [4.78, 5) is 11.4. The molecule has 0 aliphatic rings. The molecule has 0 aliphatic carbocycles. The van der Waals surface area contributed by atoms with Crippen molar-refractivity contribution in [2.45, 2.75) is 17.1 Å². The molecule has 14 heavy (non-hydrogen) atoms. The minimum Gasteiger partial charge on any atom is -0.480 e. The first kappa shape index (κ1) is 11.7. The molecule has 1 atom stereocenters. The molecule has 0 aliphatic heterocycles. The Kier molecular flexibility index (Phi) is 4.11. The second-order valence-corrected chi connectivity index (χ2v) is 4.90. The van der Waals surface area contributed by atoms with Crippen LogP contribution < -0.4 is 0 Å². The number of halogens is 2. The number of rotatable bonds is 3. The van der Waals surface area contributed by atoms with Crippen LogP contribution in [0.3, 0.4) is 0 Å². The number of benzene rings is 1. The Bertz CT molecular complexity index is 355. The maximum atomic E-state index is 10.6. The lowest BCUT2D eigenvalue weighted by atomic mass is 10.4. The zero-order valence-electron chi connectivity index (χ0n) is 7.33. The van der Waals surface area contributed by atoms with Crippen LogP contribution in [0.15, 0.2) is 23.1 Å². The third-order valence-corrected chi connectivity index (χ3v) is 3.37. The summed E-state index contributed by atoms with van der Waals surface area (Å²) in [7, 11) is 0. The van der Waals surface area contributed by atoms with E-state index in [0.717, 1.165) is 4.90 Å². The number of carboxylic acids is 1. The fourth-order valence-corrected chi connectivity index (χ4v) is 2.01. The molecular formula is C9H8Cl2O2S. The zero-order valence-corrected chi connectivity index (χ0v) is 9.66. The van der Waals surface area contributed by atoms with Gasteiger partial charge in [0.2, 0.25) is 0 Å². The van der Waals surface area contributed by atoms with Gasteiger partial charge in [-0.3, -0.25) is 4.79 Å². The SMILES string of the molecule is CC(Sc1ccc(Cl)c(Cl)c1)C(=O)O. The lowest BCUT2D eigenvalue weighted by molar-refractivity contribution is -0.136. The molecule has 1 N–H and O–H groups in total. The summed E-state index contributed by atoms with van der Waals surface area (Å²) in [5, 5.41) is 9.10. The first-order chi connectivity index (χ1) is 6.50. The van der Waals surface area contributed by atoms with Crippen LogP contribution in [0.2, 0.25) is 10.0 Å². The van der Waals surface area contributed by atoms with Crippen LogP contribution in [0.4, 0.5) is 0 Å². The largest absolute Gasteiger partial charge is 0.480 e. The molecular weight excluding hydrogens is 243 g/mol. The van der Waals surface area contributed by atoms with E-state index in [0.29, 0.717) is 10.0 Å². The van der Waals surface area contributed by atoms with Crippen LogP contribution in [0.1, 0.15) is 6.92 Å². The van der Waals surface area contributed by atoms with Crippen molar-refractivity contribution >= 4 is 40.9 Å². The van der Waals surface area contributed by atoms with Gasteiger partial charge in [0.25, 0.3) is 0 Å². The molecule has 0 bridgehead atoms. The van der Waals surface area contributed by atoms with Gasteiger partial charge in [0, 0.05) is 4.90 Å². The van der Waals surface area contributed by atoms with Crippen LogP contribution in [0, 0.1) is 0 Å². The van der Waals surface area contributed by atoms with Gasteiger partial charge in [0.05, 0.1) is 10.0 Å². The Hall–Kier alpha value is -0.380. The minimum atomic E-state index is -0.846. The van der Waals surface area contributed by atoms with Gasteiger partial charge in [-0.05, 0) is 25.1 Å². The average molecular weight is 251 g/mol. The maximum absolute atomic E-state index is 10.6. The van der Waals surface area contributed by atoms with Gasteiger partial charge in [0.15, 0.2) is 0 Å². The number of thioether (sulfide) groups is 1. The molecule has 0 fully saturated rings. The van der Waals surface area contributed by atoms with E-state index < -0.39 is 11.2 Å². The molecule has 0 saturated carbocycles. The van der Waals surface area contributed by atoms with E-state index in [9.17, 15) is 4.79 Å². The second kappa shape index (κ2) is 4.91. The Morgan fingerprint density at radius 1 is 1.43 bits per heavy atom. The molecule has 2 nitrogen and oxygen atoms in total. The molecule has 1 rings (SSSR count). The van der Waals surface area contributed by atoms with Crippen molar-refractivity contribution in [3.63, 3.8) is 0 Å². The first-order valence-electron chi connectivity index (χ1n) is 3.85. The fraction of sp³-hybridized carbons (Fsp3) is 0.222. The minimum absolute atomic E-state index is 0.439. The lowest BCUT2D eigenvalue weighted by Gasteiger charge is -2.06. The van der Waals surface area contributed by atoms with E-state index in [2.05, 4.69) is 0 Å². The quantitative estimate of drug-likeness (QED) is 0.834. The van der Waals surface area contributed by atoms with Crippen molar-refractivity contribution in [1.29, 1.82) is 0 Å². The third-order valence-electron chi connectivity index (χ3n) is 1.55. The Balaban J connectivity index is 2.78. The Morgan fingerprint density at radius 2 is 2.07 bits per heavy atom. The third kappa shape index (κ3) is 3.08. The van der Waals surface area contributed by atoms with Crippen LogP contribution in [-0.2, 0) is 4.79 Å². The highest BCUT2D eigenvalue weighted by Gasteiger charge is 2.12. The smallest absolute Gasteiger partial charge is 0.316 e. The van der Waals surface area contributed by atoms with E-state index in [-0.39, 0.29) is 0 Å². The highest BCUT2D eigenvalue weighted by atomic mass is 35.5. The van der Waals surface area contributed by atoms with Crippen molar-refractivity contribution in [2.75, 3.05) is 0 Å². The van der Waals surface area contributed by atoms with Crippen LogP contribution >= 0.6 is 35.0 Å². The monoisotopic (exact) mass is 250 g/mol. The lowest BCUT2D eigenvalue weighted by Crippen LogP contribution is -2.10. The van der Waals surface area contributed by atoms with Gasteiger partial charge in [-0.15, -0.1) is 11.8 Å². The summed E-state index contributed by atoms with van der Waals surface area (Å²) in [6, 6.07) is 5.06. The standard InChI is InChI=1S/C9H8Cl2O2S/c1-5(9(12)13)14-6-2-3-7(10)8(11)4-6/h2-5H,1H3,(H,12,13). The highest BCUT2D eigenvalue weighted by Crippen LogP contribution is 2.30. The fourth-order valence-electron chi connectivity index (χ4n) is 0.805. The number of carbonyl (C=O) groups is 1. The topological polar surface area (TPSA) is 37.3 Å². The maximum Gasteiger partial charge on any atom is 0.316 e. The van der Waals surface area contributed by atoms with Crippen molar-refractivity contribution in [2.24, 2.45) is 0 Å². The summed E-state index contributed by atoms with van der Waals surface area (Å²) in [6.45, 7) is 1.62. The van der Waals surface area contributed by atoms with Gasteiger partial charge >= 0.3 is 5.97 Å². The zero-order chi connectivity index (χ0) is 10.7. The second-order valence-electron chi connectivity index (χ2n) is 2.67. The first-order valence-corrected chi connectivity index (χ1v) is 5.49. The molecule has 0 saturated heterocycles. The molecule has 0 radical (unpaired) electrons. The number of hydrogen-bond acceptors (Lipinski definition) is 2. The summed E-state index contributed by atoms with van der Waals surface area (Å²) < 4.78 is 0. The predicted molar refractivity (Wildman–Crippen MR) is 59.4 cm³/mol. The Labute approximate surface area is 96.2 Å². The molecule has 76 valence electrons. The molecule has 0 aromatic heterocycles. The summed E-state index contributed by atoms with van der Waals surface area (Å²) in [5.74, 6) is -0.846. The van der Waals surface area contributed by atoms with Gasteiger partial charge in [0.1, 0.15) is 5.25 Å². The normalized spacial score (nSPS) is 12.5. The van der Waals surface area contributed by atoms with Crippen molar-refractivity contribution in [3.05, 3.63) is 28.2 Å². The van der Waals surface area contributed by atoms with Crippen molar-refractivity contribution in [1.82, 2.24) is 0 Å². The van der Waals surface area contributed by atoms with Crippen molar-refractivity contribution < 1.29 is 9.90 Å². The molecule has 1 aromatic rings. The molecule has 5 heteroatoms. The van der Waals surface area contributed by atoms with Gasteiger partial charge in [-0.1, -0.05) is 23.2 Å². The molecule has 1 aromatic carbocycles. The number of aliphatic carboxylic acids is 1. The summed E-state index contributed by atoms with van der Waals surface area (Å²) >= 11 is 12.7. The number of hydrogen-bond donors (Lipinski definition) is 1. The van der Waals surface area contributed by atoms with Gasteiger partial charge in [-0.2, -0.15) is 0 Å². The number of carboxylic acid groups (broad SMARTS) is 1. The van der Waals surface area contributed by atoms with E-state index in [1.165, 1.54) is 11.8 Å². The molecule has 0 heterocycles.